The van der Waals surface area contributed by atoms with Crippen LogP contribution in [-0.2, 0) is 24.2 Å². The molecule has 1 saturated heterocycles. The lowest BCUT2D eigenvalue weighted by molar-refractivity contribution is -0.137. The SMILES string of the molecule is Cc1c(N2CCc3cnc(Nc4ccc(CC(=O)N5CC(F)C5)cc4)nc3C2)cnc2c1NCCO2. The molecule has 3 aliphatic rings. The second kappa shape index (κ2) is 9.25. The number of benzene rings is 1. The van der Waals surface area contributed by atoms with Gasteiger partial charge < -0.3 is 25.2 Å². The van der Waals surface area contributed by atoms with Gasteiger partial charge in [0.05, 0.1) is 43.6 Å². The molecule has 1 aromatic carbocycles. The molecule has 5 heterocycles. The topological polar surface area (TPSA) is 95.5 Å². The van der Waals surface area contributed by atoms with Gasteiger partial charge in [-0.05, 0) is 36.6 Å². The van der Waals surface area contributed by atoms with Crippen LogP contribution in [0.4, 0.5) is 27.4 Å². The van der Waals surface area contributed by atoms with Gasteiger partial charge in [0, 0.05) is 30.5 Å². The number of alkyl halides is 1. The summed E-state index contributed by atoms with van der Waals surface area (Å²) in [6, 6.07) is 7.61. The quantitative estimate of drug-likeness (QED) is 0.565. The zero-order valence-corrected chi connectivity index (χ0v) is 20.1. The Hall–Kier alpha value is -3.95. The molecule has 2 aromatic heterocycles. The number of anilines is 4. The molecular weight excluding hydrogens is 461 g/mol. The fourth-order valence-corrected chi connectivity index (χ4v) is 4.85. The molecule has 0 unspecified atom stereocenters. The summed E-state index contributed by atoms with van der Waals surface area (Å²) in [5.41, 5.74) is 7.05. The number of aromatic nitrogens is 3. The average molecular weight is 490 g/mol. The third kappa shape index (κ3) is 4.38. The van der Waals surface area contributed by atoms with Gasteiger partial charge >= 0.3 is 0 Å². The molecule has 6 rings (SSSR count). The fraction of sp³-hybridized carbons (Fsp3) is 0.385. The minimum absolute atomic E-state index is 0.0418. The van der Waals surface area contributed by atoms with Crippen LogP contribution in [0.15, 0.2) is 36.7 Å². The number of amides is 1. The van der Waals surface area contributed by atoms with Gasteiger partial charge in [0.2, 0.25) is 17.7 Å². The van der Waals surface area contributed by atoms with E-state index in [1.54, 1.807) is 4.90 Å². The molecule has 186 valence electrons. The molecule has 0 bridgehead atoms. The van der Waals surface area contributed by atoms with Crippen molar-refractivity contribution >= 4 is 28.9 Å². The first-order valence-corrected chi connectivity index (χ1v) is 12.3. The van der Waals surface area contributed by atoms with E-state index in [2.05, 4.69) is 32.4 Å². The van der Waals surface area contributed by atoms with Crippen molar-refractivity contribution in [3.63, 3.8) is 0 Å². The second-order valence-electron chi connectivity index (χ2n) is 9.46. The summed E-state index contributed by atoms with van der Waals surface area (Å²) < 4.78 is 18.7. The number of hydrogen-bond donors (Lipinski definition) is 2. The number of fused-ring (bicyclic) bond motifs is 2. The number of ether oxygens (including phenoxy) is 1. The van der Waals surface area contributed by atoms with E-state index in [-0.39, 0.29) is 25.4 Å². The van der Waals surface area contributed by atoms with Crippen LogP contribution in [0.25, 0.3) is 0 Å². The molecule has 1 fully saturated rings. The van der Waals surface area contributed by atoms with E-state index in [4.69, 9.17) is 9.72 Å². The number of rotatable bonds is 5. The highest BCUT2D eigenvalue weighted by molar-refractivity contribution is 5.79. The summed E-state index contributed by atoms with van der Waals surface area (Å²) in [6.07, 6.45) is 4.04. The van der Waals surface area contributed by atoms with Crippen molar-refractivity contribution in [1.82, 2.24) is 19.9 Å². The molecule has 0 aliphatic carbocycles. The Morgan fingerprint density at radius 1 is 1.22 bits per heavy atom. The van der Waals surface area contributed by atoms with Gasteiger partial charge in [-0.15, -0.1) is 0 Å². The smallest absolute Gasteiger partial charge is 0.237 e. The third-order valence-electron chi connectivity index (χ3n) is 6.96. The molecule has 9 nitrogen and oxygen atoms in total. The molecule has 36 heavy (non-hydrogen) atoms. The molecular formula is C26H28FN7O2. The maximum atomic E-state index is 13.0. The lowest BCUT2D eigenvalue weighted by Crippen LogP contribution is -2.51. The number of pyridine rings is 1. The van der Waals surface area contributed by atoms with Crippen molar-refractivity contribution in [2.45, 2.75) is 32.5 Å². The van der Waals surface area contributed by atoms with Crippen LogP contribution in [0, 0.1) is 6.92 Å². The molecule has 3 aromatic rings. The van der Waals surface area contributed by atoms with E-state index in [9.17, 15) is 9.18 Å². The maximum absolute atomic E-state index is 13.0. The van der Waals surface area contributed by atoms with Gasteiger partial charge in [-0.1, -0.05) is 12.1 Å². The zero-order valence-electron chi connectivity index (χ0n) is 20.1. The first-order valence-electron chi connectivity index (χ1n) is 12.3. The number of halogens is 1. The Kier molecular flexibility index (Phi) is 5.79. The largest absolute Gasteiger partial charge is 0.474 e. The molecule has 1 amide bonds. The minimum atomic E-state index is -0.880. The second-order valence-corrected chi connectivity index (χ2v) is 9.46. The number of nitrogens with zero attached hydrogens (tertiary/aromatic N) is 5. The highest BCUT2D eigenvalue weighted by Crippen LogP contribution is 2.36. The van der Waals surface area contributed by atoms with Gasteiger partial charge in [-0.2, -0.15) is 0 Å². The van der Waals surface area contributed by atoms with Crippen LogP contribution in [0.3, 0.4) is 0 Å². The van der Waals surface area contributed by atoms with Gasteiger partial charge in [0.15, 0.2) is 0 Å². The fourth-order valence-electron chi connectivity index (χ4n) is 4.85. The first-order chi connectivity index (χ1) is 17.5. The summed E-state index contributed by atoms with van der Waals surface area (Å²) >= 11 is 0. The molecule has 0 saturated carbocycles. The van der Waals surface area contributed by atoms with E-state index in [1.807, 2.05) is 36.7 Å². The summed E-state index contributed by atoms with van der Waals surface area (Å²) in [5, 5.41) is 6.68. The average Bonchev–Trinajstić information content (AvgIpc) is 2.88. The maximum Gasteiger partial charge on any atom is 0.237 e. The van der Waals surface area contributed by atoms with E-state index in [1.165, 1.54) is 0 Å². The lowest BCUT2D eigenvalue weighted by atomic mass is 10.0. The molecule has 2 N–H and O–H groups in total. The number of hydrogen-bond acceptors (Lipinski definition) is 8. The molecule has 3 aliphatic heterocycles. The van der Waals surface area contributed by atoms with Gasteiger partial charge in [-0.3, -0.25) is 4.79 Å². The monoisotopic (exact) mass is 489 g/mol. The van der Waals surface area contributed by atoms with E-state index in [0.717, 1.165) is 59.0 Å². The highest BCUT2D eigenvalue weighted by Gasteiger charge is 2.30. The van der Waals surface area contributed by atoms with Gasteiger partial charge in [0.25, 0.3) is 0 Å². The summed E-state index contributed by atoms with van der Waals surface area (Å²) in [6.45, 7) is 5.46. The third-order valence-corrected chi connectivity index (χ3v) is 6.96. The number of nitrogens with one attached hydrogen (secondary N) is 2. The Morgan fingerprint density at radius 3 is 2.86 bits per heavy atom. The van der Waals surface area contributed by atoms with E-state index in [0.29, 0.717) is 25.0 Å². The lowest BCUT2D eigenvalue weighted by Gasteiger charge is -2.34. The molecule has 0 atom stereocenters. The van der Waals surface area contributed by atoms with Crippen molar-refractivity contribution in [3.8, 4) is 5.88 Å². The van der Waals surface area contributed by atoms with Crippen molar-refractivity contribution in [2.75, 3.05) is 48.3 Å². The minimum Gasteiger partial charge on any atom is -0.474 e. The van der Waals surface area contributed by atoms with Crippen molar-refractivity contribution in [2.24, 2.45) is 0 Å². The van der Waals surface area contributed by atoms with Crippen LogP contribution >= 0.6 is 0 Å². The highest BCUT2D eigenvalue weighted by atomic mass is 19.1. The number of likely N-dealkylation sites (tertiary alicyclic amines) is 1. The Balaban J connectivity index is 1.13. The van der Waals surface area contributed by atoms with Crippen LogP contribution in [0.5, 0.6) is 5.88 Å². The Bertz CT molecular complexity index is 1290. The Morgan fingerprint density at radius 2 is 2.06 bits per heavy atom. The van der Waals surface area contributed by atoms with E-state index < -0.39 is 6.17 Å². The summed E-state index contributed by atoms with van der Waals surface area (Å²) in [5.74, 6) is 1.15. The summed E-state index contributed by atoms with van der Waals surface area (Å²) in [4.78, 5) is 29.8. The zero-order chi connectivity index (χ0) is 24.6. The molecule has 0 radical (unpaired) electrons. The standard InChI is InChI=1S/C26H28FN7O2/c1-16-22(12-29-25-24(16)28-7-9-36-25)33-8-6-18-11-30-26(32-21(18)15-33)31-20-4-2-17(3-5-20)10-23(35)34-13-19(27)14-34/h2-5,11-12,19,28H,6-10,13-15H2,1H3,(H,30,31,32). The summed E-state index contributed by atoms with van der Waals surface area (Å²) in [7, 11) is 0. The van der Waals surface area contributed by atoms with Crippen LogP contribution in [0.2, 0.25) is 0 Å². The van der Waals surface area contributed by atoms with Crippen LogP contribution in [0.1, 0.15) is 22.4 Å². The van der Waals surface area contributed by atoms with Gasteiger partial charge in [0.1, 0.15) is 18.5 Å². The molecule has 0 spiro atoms. The Labute approximate surface area is 208 Å². The van der Waals surface area contributed by atoms with E-state index >= 15 is 0 Å². The van der Waals surface area contributed by atoms with Crippen molar-refractivity contribution in [1.29, 1.82) is 0 Å². The number of carbonyl (C=O) groups is 1. The predicted octanol–water partition coefficient (Wildman–Crippen LogP) is 3.01. The normalized spacial score (nSPS) is 16.8. The predicted molar refractivity (Wildman–Crippen MR) is 135 cm³/mol. The first kappa shape index (κ1) is 22.5. The van der Waals surface area contributed by atoms with Crippen LogP contribution in [-0.4, -0.2) is 64.7 Å². The van der Waals surface area contributed by atoms with Crippen molar-refractivity contribution < 1.29 is 13.9 Å². The number of carbonyl (C=O) groups excluding carboxylic acids is 1. The van der Waals surface area contributed by atoms with Crippen molar-refractivity contribution in [3.05, 3.63) is 59.0 Å². The van der Waals surface area contributed by atoms with Gasteiger partial charge in [-0.25, -0.2) is 19.3 Å². The molecule has 10 heteroatoms. The van der Waals surface area contributed by atoms with Crippen LogP contribution < -0.4 is 20.3 Å².